The number of nitrogens with one attached hydrogen (secondary N) is 2. The first-order chi connectivity index (χ1) is 14.4. The molecule has 0 aromatic heterocycles. The molecule has 0 spiro atoms. The fourth-order valence-electron chi connectivity index (χ4n) is 3.94. The zero-order valence-electron chi connectivity index (χ0n) is 17.1. The molecule has 0 heterocycles. The monoisotopic (exact) mass is 418 g/mol. The molecule has 0 atom stereocenters. The molecule has 3 rings (SSSR count). The SMILES string of the molecule is O=C(CCCC1CCCCC1)Nc1ccc(NCc2ccc(C(F)(F)F)cc2)cc1. The van der Waals surface area contributed by atoms with Crippen LogP contribution in [0.25, 0.3) is 0 Å². The molecule has 1 aliphatic rings. The van der Waals surface area contributed by atoms with E-state index in [4.69, 9.17) is 0 Å². The van der Waals surface area contributed by atoms with Crippen molar-refractivity contribution in [2.75, 3.05) is 10.6 Å². The number of amides is 1. The largest absolute Gasteiger partial charge is 0.416 e. The minimum absolute atomic E-state index is 0.0382. The summed E-state index contributed by atoms with van der Waals surface area (Å²) >= 11 is 0. The molecule has 162 valence electrons. The summed E-state index contributed by atoms with van der Waals surface area (Å²) < 4.78 is 37.8. The predicted octanol–water partition coefficient (Wildman–Crippen LogP) is 7.01. The van der Waals surface area contributed by atoms with Crippen molar-refractivity contribution in [1.29, 1.82) is 0 Å². The van der Waals surface area contributed by atoms with Gasteiger partial charge < -0.3 is 10.6 Å². The maximum Gasteiger partial charge on any atom is 0.416 e. The van der Waals surface area contributed by atoms with E-state index in [1.807, 2.05) is 24.3 Å². The molecule has 30 heavy (non-hydrogen) atoms. The second-order valence-corrected chi connectivity index (χ2v) is 8.07. The van der Waals surface area contributed by atoms with Gasteiger partial charge in [-0.05, 0) is 60.7 Å². The van der Waals surface area contributed by atoms with Crippen molar-refractivity contribution in [3.8, 4) is 0 Å². The van der Waals surface area contributed by atoms with Gasteiger partial charge in [0.05, 0.1) is 5.56 Å². The summed E-state index contributed by atoms with van der Waals surface area (Å²) in [6, 6.07) is 12.5. The van der Waals surface area contributed by atoms with Crippen molar-refractivity contribution in [3.63, 3.8) is 0 Å². The lowest BCUT2D eigenvalue weighted by molar-refractivity contribution is -0.137. The molecule has 0 unspecified atom stereocenters. The number of rotatable bonds is 8. The van der Waals surface area contributed by atoms with Crippen LogP contribution in [-0.4, -0.2) is 5.91 Å². The molecule has 2 N–H and O–H groups in total. The number of carbonyl (C=O) groups excluding carboxylic acids is 1. The van der Waals surface area contributed by atoms with Gasteiger partial charge in [-0.15, -0.1) is 0 Å². The molecule has 0 saturated heterocycles. The van der Waals surface area contributed by atoms with Crippen LogP contribution in [0.5, 0.6) is 0 Å². The van der Waals surface area contributed by atoms with Crippen LogP contribution in [0.4, 0.5) is 24.5 Å². The molecule has 1 fully saturated rings. The van der Waals surface area contributed by atoms with Crippen LogP contribution in [0.3, 0.4) is 0 Å². The average molecular weight is 419 g/mol. The van der Waals surface area contributed by atoms with Crippen molar-refractivity contribution in [1.82, 2.24) is 0 Å². The summed E-state index contributed by atoms with van der Waals surface area (Å²) in [6.07, 6.45) is 4.93. The molecule has 1 aliphatic carbocycles. The van der Waals surface area contributed by atoms with E-state index in [0.29, 0.717) is 13.0 Å². The summed E-state index contributed by atoms with van der Waals surface area (Å²) in [5.74, 6) is 0.831. The molecule has 1 saturated carbocycles. The van der Waals surface area contributed by atoms with Gasteiger partial charge in [0.15, 0.2) is 0 Å². The van der Waals surface area contributed by atoms with E-state index in [1.54, 1.807) is 0 Å². The normalized spacial score (nSPS) is 15.0. The number of anilines is 2. The minimum Gasteiger partial charge on any atom is -0.381 e. The highest BCUT2D eigenvalue weighted by molar-refractivity contribution is 5.90. The molecule has 2 aromatic carbocycles. The van der Waals surface area contributed by atoms with Gasteiger partial charge in [-0.2, -0.15) is 13.2 Å². The summed E-state index contributed by atoms with van der Waals surface area (Å²) in [5, 5.41) is 6.10. The van der Waals surface area contributed by atoms with Crippen molar-refractivity contribution in [2.24, 2.45) is 5.92 Å². The molecule has 3 nitrogen and oxygen atoms in total. The van der Waals surface area contributed by atoms with E-state index < -0.39 is 11.7 Å². The summed E-state index contributed by atoms with van der Waals surface area (Å²) in [4.78, 5) is 12.1. The molecule has 0 aliphatic heterocycles. The van der Waals surface area contributed by atoms with E-state index in [-0.39, 0.29) is 5.91 Å². The molecular formula is C24H29F3N2O. The second kappa shape index (κ2) is 10.5. The van der Waals surface area contributed by atoms with Gasteiger partial charge in [-0.3, -0.25) is 4.79 Å². The van der Waals surface area contributed by atoms with Crippen LogP contribution < -0.4 is 10.6 Å². The van der Waals surface area contributed by atoms with Gasteiger partial charge in [0, 0.05) is 24.3 Å². The van der Waals surface area contributed by atoms with Gasteiger partial charge in [0.1, 0.15) is 0 Å². The fourth-order valence-corrected chi connectivity index (χ4v) is 3.94. The van der Waals surface area contributed by atoms with Crippen LogP contribution in [-0.2, 0) is 17.5 Å². The Bertz CT molecular complexity index is 795. The van der Waals surface area contributed by atoms with Crippen molar-refractivity contribution >= 4 is 17.3 Å². The molecule has 0 radical (unpaired) electrons. The van der Waals surface area contributed by atoms with Crippen LogP contribution in [0.15, 0.2) is 48.5 Å². The average Bonchev–Trinajstić information content (AvgIpc) is 2.74. The first-order valence-corrected chi connectivity index (χ1v) is 10.7. The minimum atomic E-state index is -4.32. The van der Waals surface area contributed by atoms with Crippen LogP contribution in [0, 0.1) is 5.92 Å². The topological polar surface area (TPSA) is 41.1 Å². The van der Waals surface area contributed by atoms with E-state index in [0.717, 1.165) is 47.8 Å². The highest BCUT2D eigenvalue weighted by atomic mass is 19.4. The molecule has 1 amide bonds. The first-order valence-electron chi connectivity index (χ1n) is 10.7. The Balaban J connectivity index is 1.39. The Kier molecular flexibility index (Phi) is 7.77. The third-order valence-electron chi connectivity index (χ3n) is 5.69. The zero-order valence-corrected chi connectivity index (χ0v) is 17.1. The van der Waals surface area contributed by atoms with Gasteiger partial charge in [-0.1, -0.05) is 44.2 Å². The lowest BCUT2D eigenvalue weighted by Crippen LogP contribution is -2.12. The quantitative estimate of drug-likeness (QED) is 0.484. The standard InChI is InChI=1S/C24H29F3N2O/c25-24(26,27)20-11-9-19(10-12-20)17-28-21-13-15-22(16-14-21)29-23(30)8-4-7-18-5-2-1-3-6-18/h9-16,18,28H,1-8,17H2,(H,29,30). The van der Waals surface area contributed by atoms with Gasteiger partial charge in [-0.25, -0.2) is 0 Å². The lowest BCUT2D eigenvalue weighted by atomic mass is 9.86. The number of hydrogen-bond acceptors (Lipinski definition) is 2. The number of halogens is 3. The first kappa shape index (κ1) is 22.2. The van der Waals surface area contributed by atoms with E-state index in [2.05, 4.69) is 10.6 Å². The number of benzene rings is 2. The zero-order chi connectivity index (χ0) is 21.4. The van der Waals surface area contributed by atoms with Crippen LogP contribution in [0.1, 0.15) is 62.5 Å². The van der Waals surface area contributed by atoms with Crippen LogP contribution >= 0.6 is 0 Å². The van der Waals surface area contributed by atoms with Crippen molar-refractivity contribution in [3.05, 3.63) is 59.7 Å². The van der Waals surface area contributed by atoms with Gasteiger partial charge in [0.25, 0.3) is 0 Å². The summed E-state index contributed by atoms with van der Waals surface area (Å²) in [7, 11) is 0. The van der Waals surface area contributed by atoms with Crippen molar-refractivity contribution in [2.45, 2.75) is 64.1 Å². The maximum atomic E-state index is 12.6. The highest BCUT2D eigenvalue weighted by Gasteiger charge is 2.29. The Hall–Kier alpha value is -2.50. The number of alkyl halides is 3. The van der Waals surface area contributed by atoms with Gasteiger partial charge in [0.2, 0.25) is 5.91 Å². The Morgan fingerprint density at radius 1 is 0.900 bits per heavy atom. The van der Waals surface area contributed by atoms with E-state index >= 15 is 0 Å². The smallest absolute Gasteiger partial charge is 0.381 e. The highest BCUT2D eigenvalue weighted by Crippen LogP contribution is 2.29. The van der Waals surface area contributed by atoms with Crippen molar-refractivity contribution < 1.29 is 18.0 Å². The molecule has 6 heteroatoms. The predicted molar refractivity (Wildman–Crippen MR) is 114 cm³/mol. The number of carbonyl (C=O) groups is 1. The van der Waals surface area contributed by atoms with E-state index in [9.17, 15) is 18.0 Å². The Labute approximate surface area is 176 Å². The molecule has 0 bridgehead atoms. The Morgan fingerprint density at radius 2 is 1.53 bits per heavy atom. The third-order valence-corrected chi connectivity index (χ3v) is 5.69. The lowest BCUT2D eigenvalue weighted by Gasteiger charge is -2.21. The number of hydrogen-bond donors (Lipinski definition) is 2. The second-order valence-electron chi connectivity index (χ2n) is 8.07. The van der Waals surface area contributed by atoms with Crippen LogP contribution in [0.2, 0.25) is 0 Å². The Morgan fingerprint density at radius 3 is 2.17 bits per heavy atom. The summed E-state index contributed by atoms with van der Waals surface area (Å²) in [5.41, 5.74) is 1.70. The maximum absolute atomic E-state index is 12.6. The van der Waals surface area contributed by atoms with E-state index in [1.165, 1.54) is 44.2 Å². The molecule has 2 aromatic rings. The molecular weight excluding hydrogens is 389 g/mol. The third kappa shape index (κ3) is 7.08. The van der Waals surface area contributed by atoms with Gasteiger partial charge >= 0.3 is 6.18 Å². The summed E-state index contributed by atoms with van der Waals surface area (Å²) in [6.45, 7) is 0.422. The fraction of sp³-hybridized carbons (Fsp3) is 0.458.